The first-order chi connectivity index (χ1) is 15.5. The number of halogens is 2. The third-order valence-corrected chi connectivity index (χ3v) is 6.98. The molecule has 2 aromatic carbocycles. The molecule has 2 aliphatic rings. The van der Waals surface area contributed by atoms with E-state index in [4.69, 9.17) is 16.3 Å². The third kappa shape index (κ3) is 5.84. The van der Waals surface area contributed by atoms with Crippen molar-refractivity contribution in [1.82, 2.24) is 9.80 Å². The lowest BCUT2D eigenvalue weighted by Gasteiger charge is -2.39. The van der Waals surface area contributed by atoms with E-state index in [2.05, 4.69) is 15.9 Å². The molecule has 0 saturated carbocycles. The second-order valence-electron chi connectivity index (χ2n) is 8.57. The summed E-state index contributed by atoms with van der Waals surface area (Å²) in [6.07, 6.45) is 4.25. The molecular formula is C25H28BrClN2O3. The van der Waals surface area contributed by atoms with E-state index in [1.54, 1.807) is 24.3 Å². The SMILES string of the molecule is O=C(C[C@H]1CN(C(=O)c2cccc(Cl)c2)CC[C@@H]1Oc1cccc(Br)c1)N1CCCCC1. The number of hydrogen-bond donors (Lipinski definition) is 0. The molecule has 0 N–H and O–H groups in total. The normalized spacial score (nSPS) is 21.3. The van der Waals surface area contributed by atoms with Crippen molar-refractivity contribution in [3.63, 3.8) is 0 Å². The van der Waals surface area contributed by atoms with Crippen LogP contribution in [0.4, 0.5) is 0 Å². The zero-order chi connectivity index (χ0) is 22.5. The summed E-state index contributed by atoms with van der Waals surface area (Å²) in [6.45, 7) is 2.73. The van der Waals surface area contributed by atoms with Crippen LogP contribution in [0.2, 0.25) is 5.02 Å². The van der Waals surface area contributed by atoms with Crippen LogP contribution in [-0.2, 0) is 4.79 Å². The van der Waals surface area contributed by atoms with Gasteiger partial charge in [-0.1, -0.05) is 39.7 Å². The molecule has 4 rings (SSSR count). The number of likely N-dealkylation sites (tertiary alicyclic amines) is 2. The topological polar surface area (TPSA) is 49.9 Å². The minimum Gasteiger partial charge on any atom is -0.490 e. The lowest BCUT2D eigenvalue weighted by molar-refractivity contribution is -0.134. The van der Waals surface area contributed by atoms with E-state index in [0.29, 0.717) is 36.5 Å². The highest BCUT2D eigenvalue weighted by molar-refractivity contribution is 9.10. The summed E-state index contributed by atoms with van der Waals surface area (Å²) < 4.78 is 7.28. The minimum absolute atomic E-state index is 0.0520. The molecule has 2 atom stereocenters. The minimum atomic E-state index is -0.124. The monoisotopic (exact) mass is 518 g/mol. The lowest BCUT2D eigenvalue weighted by Crippen LogP contribution is -2.49. The van der Waals surface area contributed by atoms with Gasteiger partial charge in [0.15, 0.2) is 0 Å². The number of ether oxygens (including phenoxy) is 1. The van der Waals surface area contributed by atoms with E-state index in [-0.39, 0.29) is 23.8 Å². The fourth-order valence-electron chi connectivity index (χ4n) is 4.56. The summed E-state index contributed by atoms with van der Waals surface area (Å²) in [5.41, 5.74) is 0.574. The Labute approximate surface area is 202 Å². The highest BCUT2D eigenvalue weighted by atomic mass is 79.9. The molecule has 0 bridgehead atoms. The highest BCUT2D eigenvalue weighted by Gasteiger charge is 2.35. The second-order valence-corrected chi connectivity index (χ2v) is 9.92. The van der Waals surface area contributed by atoms with E-state index in [1.807, 2.05) is 34.1 Å². The molecule has 0 aromatic heterocycles. The quantitative estimate of drug-likeness (QED) is 0.530. The van der Waals surface area contributed by atoms with Gasteiger partial charge in [0, 0.05) is 60.0 Å². The summed E-state index contributed by atoms with van der Waals surface area (Å²) in [4.78, 5) is 30.0. The van der Waals surface area contributed by atoms with Crippen LogP contribution in [0.1, 0.15) is 42.5 Å². The van der Waals surface area contributed by atoms with Crippen LogP contribution in [0.25, 0.3) is 0 Å². The molecule has 2 saturated heterocycles. The Hall–Kier alpha value is -2.05. The molecular weight excluding hydrogens is 492 g/mol. The van der Waals surface area contributed by atoms with Gasteiger partial charge in [-0.3, -0.25) is 9.59 Å². The maximum Gasteiger partial charge on any atom is 0.253 e. The van der Waals surface area contributed by atoms with Crippen LogP contribution in [0.15, 0.2) is 53.0 Å². The smallest absolute Gasteiger partial charge is 0.253 e. The van der Waals surface area contributed by atoms with Gasteiger partial charge in [-0.2, -0.15) is 0 Å². The number of benzene rings is 2. The predicted octanol–water partition coefficient (Wildman–Crippen LogP) is 5.41. The first-order valence-electron chi connectivity index (χ1n) is 11.2. The number of nitrogens with zero attached hydrogens (tertiary/aromatic N) is 2. The number of amides is 2. The summed E-state index contributed by atoms with van der Waals surface area (Å²) in [5.74, 6) is 0.813. The van der Waals surface area contributed by atoms with Gasteiger partial charge < -0.3 is 14.5 Å². The Balaban J connectivity index is 1.50. The fourth-order valence-corrected chi connectivity index (χ4v) is 5.13. The van der Waals surface area contributed by atoms with Gasteiger partial charge in [0.2, 0.25) is 5.91 Å². The fraction of sp³-hybridized carbons (Fsp3) is 0.440. The van der Waals surface area contributed by atoms with Crippen molar-refractivity contribution in [1.29, 1.82) is 0 Å². The van der Waals surface area contributed by atoms with Crippen molar-refractivity contribution >= 4 is 39.3 Å². The van der Waals surface area contributed by atoms with Crippen LogP contribution in [0.3, 0.4) is 0 Å². The molecule has 0 radical (unpaired) electrons. The molecule has 0 spiro atoms. The van der Waals surface area contributed by atoms with E-state index in [1.165, 1.54) is 6.42 Å². The van der Waals surface area contributed by atoms with Gasteiger partial charge in [-0.25, -0.2) is 0 Å². The van der Waals surface area contributed by atoms with Gasteiger partial charge in [0.1, 0.15) is 11.9 Å². The second kappa shape index (κ2) is 10.7. The largest absolute Gasteiger partial charge is 0.490 e. The lowest BCUT2D eigenvalue weighted by atomic mass is 9.90. The van der Waals surface area contributed by atoms with Crippen LogP contribution in [0.5, 0.6) is 5.75 Å². The molecule has 0 unspecified atom stereocenters. The summed E-state index contributed by atoms with van der Waals surface area (Å²) in [7, 11) is 0. The average molecular weight is 520 g/mol. The number of rotatable bonds is 5. The average Bonchev–Trinajstić information content (AvgIpc) is 2.80. The first kappa shape index (κ1) is 23.1. The molecule has 7 heteroatoms. The van der Waals surface area contributed by atoms with E-state index in [0.717, 1.165) is 36.2 Å². The van der Waals surface area contributed by atoms with E-state index >= 15 is 0 Å². The van der Waals surface area contributed by atoms with Crippen molar-refractivity contribution in [2.45, 2.75) is 38.2 Å². The maximum atomic E-state index is 13.1. The predicted molar refractivity (Wildman–Crippen MR) is 129 cm³/mol. The van der Waals surface area contributed by atoms with Gasteiger partial charge in [0.25, 0.3) is 5.91 Å². The molecule has 2 heterocycles. The summed E-state index contributed by atoms with van der Waals surface area (Å²) in [6, 6.07) is 14.8. The maximum absolute atomic E-state index is 13.1. The van der Waals surface area contributed by atoms with Crippen molar-refractivity contribution in [2.75, 3.05) is 26.2 Å². The molecule has 2 aliphatic heterocycles. The number of piperidine rings is 2. The molecule has 2 aromatic rings. The van der Waals surface area contributed by atoms with Crippen LogP contribution >= 0.6 is 27.5 Å². The van der Waals surface area contributed by atoms with Crippen molar-refractivity contribution in [2.24, 2.45) is 5.92 Å². The third-order valence-electron chi connectivity index (χ3n) is 6.25. The van der Waals surface area contributed by atoms with Crippen LogP contribution in [-0.4, -0.2) is 53.9 Å². The van der Waals surface area contributed by atoms with E-state index < -0.39 is 0 Å². The standard InChI is InChI=1S/C25H28BrClN2O3/c26-20-7-5-9-22(16-20)32-23-10-13-29(25(31)18-6-4-8-21(27)14-18)17-19(23)15-24(30)28-11-2-1-3-12-28/h4-9,14,16,19,23H,1-3,10-13,15,17H2/t19-,23-/m0/s1. The summed E-state index contributed by atoms with van der Waals surface area (Å²) in [5, 5.41) is 0.542. The zero-order valence-electron chi connectivity index (χ0n) is 18.0. The Morgan fingerprint density at radius 1 is 1.00 bits per heavy atom. The van der Waals surface area contributed by atoms with Gasteiger partial charge in [0.05, 0.1) is 0 Å². The van der Waals surface area contributed by atoms with Crippen molar-refractivity contribution in [3.05, 3.63) is 63.6 Å². The number of carbonyl (C=O) groups is 2. The van der Waals surface area contributed by atoms with Crippen LogP contribution < -0.4 is 4.74 Å². The van der Waals surface area contributed by atoms with Crippen molar-refractivity contribution in [3.8, 4) is 5.75 Å². The summed E-state index contributed by atoms with van der Waals surface area (Å²) >= 11 is 9.58. The highest BCUT2D eigenvalue weighted by Crippen LogP contribution is 2.29. The molecule has 2 fully saturated rings. The Bertz CT molecular complexity index is 964. The molecule has 2 amide bonds. The van der Waals surface area contributed by atoms with Gasteiger partial charge >= 0.3 is 0 Å². The van der Waals surface area contributed by atoms with Gasteiger partial charge in [-0.15, -0.1) is 0 Å². The Morgan fingerprint density at radius 2 is 1.78 bits per heavy atom. The van der Waals surface area contributed by atoms with E-state index in [9.17, 15) is 9.59 Å². The van der Waals surface area contributed by atoms with Gasteiger partial charge in [-0.05, 0) is 55.7 Å². The Kier molecular flexibility index (Phi) is 7.74. The molecule has 170 valence electrons. The number of carbonyl (C=O) groups excluding carboxylic acids is 2. The van der Waals surface area contributed by atoms with Crippen molar-refractivity contribution < 1.29 is 14.3 Å². The Morgan fingerprint density at radius 3 is 2.53 bits per heavy atom. The molecule has 32 heavy (non-hydrogen) atoms. The first-order valence-corrected chi connectivity index (χ1v) is 12.4. The zero-order valence-corrected chi connectivity index (χ0v) is 20.4. The molecule has 0 aliphatic carbocycles. The number of hydrogen-bond acceptors (Lipinski definition) is 3. The molecule has 5 nitrogen and oxygen atoms in total. The van der Waals surface area contributed by atoms with Crippen LogP contribution in [0, 0.1) is 5.92 Å².